The zero-order valence-corrected chi connectivity index (χ0v) is 12.3. The van der Waals surface area contributed by atoms with Crippen LogP contribution in [0.3, 0.4) is 0 Å². The number of sulfonamides is 1. The minimum Gasteiger partial charge on any atom is -0.378 e. The van der Waals surface area contributed by atoms with Crippen LogP contribution in [0.2, 0.25) is 0 Å². The summed E-state index contributed by atoms with van der Waals surface area (Å²) in [4.78, 5) is 0. The molecule has 0 aliphatic carbocycles. The maximum atomic E-state index is 11.9. The molecule has 17 heavy (non-hydrogen) atoms. The van der Waals surface area contributed by atoms with E-state index in [-0.39, 0.29) is 36.9 Å². The maximum absolute atomic E-state index is 11.9. The molecule has 0 bridgehead atoms. The Hall–Kier alpha value is 0.120. The van der Waals surface area contributed by atoms with Crippen LogP contribution in [0, 0.1) is 0 Å². The van der Waals surface area contributed by atoms with Crippen LogP contribution in [-0.2, 0) is 14.8 Å². The van der Waals surface area contributed by atoms with E-state index in [0.717, 1.165) is 6.54 Å². The van der Waals surface area contributed by atoms with Gasteiger partial charge in [0.25, 0.3) is 0 Å². The number of hydrogen-bond acceptors (Lipinski definition) is 4. The van der Waals surface area contributed by atoms with Crippen LogP contribution >= 0.6 is 12.4 Å². The minimum atomic E-state index is -3.14. The van der Waals surface area contributed by atoms with Crippen molar-refractivity contribution in [1.82, 2.24) is 9.62 Å². The van der Waals surface area contributed by atoms with Gasteiger partial charge in [0.15, 0.2) is 0 Å². The van der Waals surface area contributed by atoms with Crippen molar-refractivity contribution >= 4 is 22.4 Å². The standard InChI is InChI=1S/C10H22N2O3S.ClH/c1-9(2)15-6-7-16(13,14)12-5-4-11-10(3)8-12;/h9-11H,4-8H2,1-3H3;1H/t10-;/m1./s1. The third-order valence-electron chi connectivity index (χ3n) is 2.52. The molecule has 0 aromatic carbocycles. The second-order valence-corrected chi connectivity index (χ2v) is 6.54. The summed E-state index contributed by atoms with van der Waals surface area (Å²) in [7, 11) is -3.14. The maximum Gasteiger partial charge on any atom is 0.216 e. The van der Waals surface area contributed by atoms with Crippen molar-refractivity contribution in [1.29, 1.82) is 0 Å². The quantitative estimate of drug-likeness (QED) is 0.798. The Labute approximate surface area is 110 Å². The number of nitrogens with zero attached hydrogens (tertiary/aromatic N) is 1. The summed E-state index contributed by atoms with van der Waals surface area (Å²) in [5, 5.41) is 3.22. The van der Waals surface area contributed by atoms with Gasteiger partial charge in [-0.25, -0.2) is 8.42 Å². The van der Waals surface area contributed by atoms with E-state index in [1.54, 1.807) is 4.31 Å². The summed E-state index contributed by atoms with van der Waals surface area (Å²) in [6.07, 6.45) is 0.0807. The van der Waals surface area contributed by atoms with Crippen LogP contribution in [0.15, 0.2) is 0 Å². The Balaban J connectivity index is 0.00000256. The van der Waals surface area contributed by atoms with Crippen LogP contribution in [0.25, 0.3) is 0 Å². The topological polar surface area (TPSA) is 58.6 Å². The van der Waals surface area contributed by atoms with Crippen LogP contribution < -0.4 is 5.32 Å². The van der Waals surface area contributed by atoms with Crippen molar-refractivity contribution in [3.63, 3.8) is 0 Å². The molecule has 1 atom stereocenters. The molecule has 104 valence electrons. The summed E-state index contributed by atoms with van der Waals surface area (Å²) >= 11 is 0. The molecule has 0 aromatic rings. The van der Waals surface area contributed by atoms with Gasteiger partial charge in [-0.2, -0.15) is 4.31 Å². The SMILES string of the molecule is CC(C)OCCS(=O)(=O)N1CCN[C@H](C)C1.Cl. The van der Waals surface area contributed by atoms with E-state index < -0.39 is 10.0 Å². The molecule has 7 heteroatoms. The predicted octanol–water partition coefficient (Wildman–Crippen LogP) is 0.457. The summed E-state index contributed by atoms with van der Waals surface area (Å²) < 4.78 is 30.7. The monoisotopic (exact) mass is 286 g/mol. The Morgan fingerprint density at radius 1 is 1.47 bits per heavy atom. The van der Waals surface area contributed by atoms with Gasteiger partial charge in [-0.3, -0.25) is 0 Å². The van der Waals surface area contributed by atoms with Gasteiger partial charge in [0, 0.05) is 25.7 Å². The lowest BCUT2D eigenvalue weighted by molar-refractivity contribution is 0.0905. The van der Waals surface area contributed by atoms with E-state index in [1.165, 1.54) is 0 Å². The van der Waals surface area contributed by atoms with Crippen molar-refractivity contribution in [2.24, 2.45) is 0 Å². The zero-order valence-electron chi connectivity index (χ0n) is 10.7. The van der Waals surface area contributed by atoms with Crippen LogP contribution in [0.4, 0.5) is 0 Å². The van der Waals surface area contributed by atoms with Crippen LogP contribution in [0.5, 0.6) is 0 Å². The molecule has 1 rings (SSSR count). The molecule has 0 aromatic heterocycles. The molecule has 0 unspecified atom stereocenters. The Morgan fingerprint density at radius 3 is 2.65 bits per heavy atom. The van der Waals surface area contributed by atoms with Gasteiger partial charge in [-0.05, 0) is 20.8 Å². The normalized spacial score (nSPS) is 22.5. The van der Waals surface area contributed by atoms with Gasteiger partial charge >= 0.3 is 0 Å². The molecule has 1 heterocycles. The average molecular weight is 287 g/mol. The first-order valence-corrected chi connectivity index (χ1v) is 7.35. The first-order chi connectivity index (χ1) is 7.42. The average Bonchev–Trinajstić information content (AvgIpc) is 2.16. The number of hydrogen-bond donors (Lipinski definition) is 1. The fourth-order valence-corrected chi connectivity index (χ4v) is 3.05. The second kappa shape index (κ2) is 7.53. The fraction of sp³-hybridized carbons (Fsp3) is 1.00. The van der Waals surface area contributed by atoms with Gasteiger partial charge < -0.3 is 10.1 Å². The molecule has 1 fully saturated rings. The third kappa shape index (κ3) is 6.01. The number of rotatable bonds is 5. The lowest BCUT2D eigenvalue weighted by atomic mass is 10.3. The Bertz CT molecular complexity index is 309. The molecular formula is C10H23ClN2O3S. The molecule has 1 saturated heterocycles. The number of halogens is 1. The predicted molar refractivity (Wildman–Crippen MR) is 71.2 cm³/mol. The van der Waals surface area contributed by atoms with Crippen molar-refractivity contribution in [3.05, 3.63) is 0 Å². The van der Waals surface area contributed by atoms with Gasteiger partial charge in [-0.15, -0.1) is 12.4 Å². The van der Waals surface area contributed by atoms with E-state index in [9.17, 15) is 8.42 Å². The fourth-order valence-electron chi connectivity index (χ4n) is 1.67. The molecule has 1 N–H and O–H groups in total. The lowest BCUT2D eigenvalue weighted by Gasteiger charge is -2.31. The number of piperazine rings is 1. The largest absolute Gasteiger partial charge is 0.378 e. The molecule has 0 amide bonds. The summed E-state index contributed by atoms with van der Waals surface area (Å²) in [5.41, 5.74) is 0. The van der Waals surface area contributed by atoms with E-state index in [2.05, 4.69) is 5.32 Å². The summed E-state index contributed by atoms with van der Waals surface area (Å²) in [6.45, 7) is 7.92. The van der Waals surface area contributed by atoms with Crippen molar-refractivity contribution in [2.75, 3.05) is 32.0 Å². The third-order valence-corrected chi connectivity index (χ3v) is 4.32. The Morgan fingerprint density at radius 2 is 2.12 bits per heavy atom. The van der Waals surface area contributed by atoms with E-state index >= 15 is 0 Å². The summed E-state index contributed by atoms with van der Waals surface area (Å²) in [6, 6.07) is 0.231. The molecule has 1 aliphatic rings. The van der Waals surface area contributed by atoms with Gasteiger partial charge in [-0.1, -0.05) is 0 Å². The van der Waals surface area contributed by atoms with Crippen molar-refractivity contribution in [2.45, 2.75) is 32.9 Å². The molecule has 0 saturated carbocycles. The second-order valence-electron chi connectivity index (χ2n) is 4.45. The van der Waals surface area contributed by atoms with E-state index in [1.807, 2.05) is 20.8 Å². The van der Waals surface area contributed by atoms with Crippen molar-refractivity contribution < 1.29 is 13.2 Å². The number of nitrogens with one attached hydrogen (secondary N) is 1. The molecule has 0 spiro atoms. The van der Waals surface area contributed by atoms with Crippen LogP contribution in [-0.4, -0.2) is 56.9 Å². The molecule has 1 aliphatic heterocycles. The molecule has 0 radical (unpaired) electrons. The van der Waals surface area contributed by atoms with Gasteiger partial charge in [0.1, 0.15) is 0 Å². The highest BCUT2D eigenvalue weighted by molar-refractivity contribution is 7.89. The minimum absolute atomic E-state index is 0. The summed E-state index contributed by atoms with van der Waals surface area (Å²) in [5.74, 6) is 0.0812. The highest BCUT2D eigenvalue weighted by atomic mass is 35.5. The van der Waals surface area contributed by atoms with Gasteiger partial charge in [0.05, 0.1) is 18.5 Å². The first kappa shape index (κ1) is 17.1. The molecule has 5 nitrogen and oxygen atoms in total. The van der Waals surface area contributed by atoms with Gasteiger partial charge in [0.2, 0.25) is 10.0 Å². The lowest BCUT2D eigenvalue weighted by Crippen LogP contribution is -2.52. The Kier molecular flexibility index (Phi) is 7.58. The highest BCUT2D eigenvalue weighted by Gasteiger charge is 2.26. The molecular weight excluding hydrogens is 264 g/mol. The van der Waals surface area contributed by atoms with E-state index in [4.69, 9.17) is 4.74 Å². The van der Waals surface area contributed by atoms with Crippen molar-refractivity contribution in [3.8, 4) is 0 Å². The highest BCUT2D eigenvalue weighted by Crippen LogP contribution is 2.06. The zero-order chi connectivity index (χ0) is 12.2. The van der Waals surface area contributed by atoms with Crippen LogP contribution in [0.1, 0.15) is 20.8 Å². The van der Waals surface area contributed by atoms with E-state index in [0.29, 0.717) is 13.1 Å². The smallest absolute Gasteiger partial charge is 0.216 e. The first-order valence-electron chi connectivity index (χ1n) is 5.74. The number of ether oxygens (including phenoxy) is 1.